The van der Waals surface area contributed by atoms with Crippen molar-refractivity contribution >= 4 is 18.5 Å². The fraction of sp³-hybridized carbons (Fsp3) is 0.222. The Bertz CT molecular complexity index is 386. The van der Waals surface area contributed by atoms with E-state index in [1.165, 1.54) is 12.1 Å². The highest BCUT2D eigenvalue weighted by atomic mass is 35.5. The van der Waals surface area contributed by atoms with Gasteiger partial charge in [-0.2, -0.15) is 0 Å². The largest absolute Gasteiger partial charge is 0.505 e. The van der Waals surface area contributed by atoms with Crippen LogP contribution in [0.3, 0.4) is 0 Å². The van der Waals surface area contributed by atoms with Crippen LogP contribution in [0.2, 0.25) is 0 Å². The zero-order valence-electron chi connectivity index (χ0n) is 7.57. The zero-order chi connectivity index (χ0) is 10.1. The van der Waals surface area contributed by atoms with E-state index in [4.69, 9.17) is 0 Å². The second-order valence-electron chi connectivity index (χ2n) is 2.97. The van der Waals surface area contributed by atoms with Gasteiger partial charge in [0.1, 0.15) is 6.61 Å². The molecule has 1 aromatic carbocycles. The number of aromatic hydroxyl groups is 1. The molecule has 1 aromatic rings. The quantitative estimate of drug-likeness (QED) is 0.777. The van der Waals surface area contributed by atoms with Crippen LogP contribution in [-0.4, -0.2) is 17.8 Å². The van der Waals surface area contributed by atoms with Crippen molar-refractivity contribution in [3.63, 3.8) is 0 Å². The second-order valence-corrected chi connectivity index (χ2v) is 2.97. The minimum absolute atomic E-state index is 0. The van der Waals surface area contributed by atoms with E-state index < -0.39 is 23.7 Å². The average Bonchev–Trinajstić information content (AvgIpc) is 2.57. The number of ether oxygens (including phenoxy) is 1. The Morgan fingerprint density at radius 3 is 2.87 bits per heavy atom. The molecule has 1 saturated heterocycles. The Hall–Kier alpha value is -1.49. The maximum absolute atomic E-state index is 12.9. The lowest BCUT2D eigenvalue weighted by molar-refractivity contribution is 0.176. The number of nitrogens with one attached hydrogen (secondary N) is 1. The van der Waals surface area contributed by atoms with Crippen molar-refractivity contribution in [2.45, 2.75) is 6.04 Å². The third-order valence-corrected chi connectivity index (χ3v) is 2.07. The van der Waals surface area contributed by atoms with Crippen LogP contribution < -0.4 is 5.32 Å². The molecule has 0 saturated carbocycles. The topological polar surface area (TPSA) is 58.6 Å². The molecule has 1 amide bonds. The van der Waals surface area contributed by atoms with Crippen molar-refractivity contribution in [2.24, 2.45) is 0 Å². The van der Waals surface area contributed by atoms with Gasteiger partial charge in [0.15, 0.2) is 11.6 Å². The van der Waals surface area contributed by atoms with Gasteiger partial charge in [-0.3, -0.25) is 0 Å². The monoisotopic (exact) mass is 233 g/mol. The molecule has 0 bridgehead atoms. The van der Waals surface area contributed by atoms with Crippen LogP contribution in [0.4, 0.5) is 9.18 Å². The Morgan fingerprint density at radius 2 is 2.27 bits per heavy atom. The van der Waals surface area contributed by atoms with Gasteiger partial charge in [-0.25, -0.2) is 9.18 Å². The van der Waals surface area contributed by atoms with Gasteiger partial charge >= 0.3 is 6.09 Å². The van der Waals surface area contributed by atoms with E-state index in [9.17, 15) is 14.3 Å². The van der Waals surface area contributed by atoms with Gasteiger partial charge in [-0.15, -0.1) is 12.4 Å². The number of alkyl carbamates (subject to hydrolysis) is 1. The summed E-state index contributed by atoms with van der Waals surface area (Å²) in [6.07, 6.45) is -0.557. The molecule has 4 nitrogen and oxygen atoms in total. The summed E-state index contributed by atoms with van der Waals surface area (Å²) < 4.78 is 17.6. The first-order chi connectivity index (χ1) is 6.68. The molecular weight excluding hydrogens is 225 g/mol. The van der Waals surface area contributed by atoms with Gasteiger partial charge < -0.3 is 15.2 Å². The summed E-state index contributed by atoms with van der Waals surface area (Å²) in [5, 5.41) is 11.8. The van der Waals surface area contributed by atoms with Crippen LogP contribution in [0.1, 0.15) is 11.6 Å². The number of para-hydroxylation sites is 1. The summed E-state index contributed by atoms with van der Waals surface area (Å²) in [6, 6.07) is 3.68. The summed E-state index contributed by atoms with van der Waals surface area (Å²) in [5.41, 5.74) is 0.329. The number of hydrogen-bond acceptors (Lipinski definition) is 3. The van der Waals surface area contributed by atoms with E-state index >= 15 is 0 Å². The Balaban J connectivity index is 0.00000112. The molecule has 1 aliphatic heterocycles. The number of cyclic esters (lactones) is 1. The first-order valence-electron chi connectivity index (χ1n) is 4.09. The fourth-order valence-electron chi connectivity index (χ4n) is 1.37. The van der Waals surface area contributed by atoms with E-state index in [1.54, 1.807) is 0 Å². The number of hydrogen-bond donors (Lipinski definition) is 2. The number of carbonyl (C=O) groups is 1. The van der Waals surface area contributed by atoms with Crippen LogP contribution in [0.15, 0.2) is 18.2 Å². The summed E-state index contributed by atoms with van der Waals surface area (Å²) in [5.74, 6) is -1.15. The lowest BCUT2D eigenvalue weighted by atomic mass is 10.1. The number of rotatable bonds is 1. The molecule has 2 rings (SSSR count). The zero-order valence-corrected chi connectivity index (χ0v) is 8.38. The second kappa shape index (κ2) is 4.35. The van der Waals surface area contributed by atoms with Crippen molar-refractivity contribution in [1.82, 2.24) is 5.32 Å². The predicted molar refractivity (Wildman–Crippen MR) is 52.5 cm³/mol. The maximum Gasteiger partial charge on any atom is 0.407 e. The van der Waals surface area contributed by atoms with Gasteiger partial charge in [-0.1, -0.05) is 12.1 Å². The van der Waals surface area contributed by atoms with E-state index in [0.717, 1.165) is 6.07 Å². The normalized spacial score (nSPS) is 19.0. The lowest BCUT2D eigenvalue weighted by Crippen LogP contribution is -2.18. The molecule has 1 fully saturated rings. The minimum atomic E-state index is -0.705. The van der Waals surface area contributed by atoms with E-state index in [2.05, 4.69) is 10.1 Å². The molecule has 0 aliphatic carbocycles. The number of phenols is 1. The number of phenolic OH excluding ortho intramolecular Hbond substituents is 1. The molecule has 1 heterocycles. The Kier molecular flexibility index (Phi) is 3.36. The molecular formula is C9H9ClFNO3. The first kappa shape index (κ1) is 11.6. The SMILES string of the molecule is Cl.O=C1N[C@H](c2cccc(F)c2O)CO1. The molecule has 1 atom stereocenters. The number of benzene rings is 1. The van der Waals surface area contributed by atoms with E-state index in [0.29, 0.717) is 5.56 Å². The van der Waals surface area contributed by atoms with Crippen molar-refractivity contribution in [3.05, 3.63) is 29.6 Å². The third kappa shape index (κ3) is 2.12. The number of amides is 1. The highest BCUT2D eigenvalue weighted by Gasteiger charge is 2.26. The summed E-state index contributed by atoms with van der Waals surface area (Å²) in [4.78, 5) is 10.7. The van der Waals surface area contributed by atoms with Crippen molar-refractivity contribution in [1.29, 1.82) is 0 Å². The average molecular weight is 234 g/mol. The number of carbonyl (C=O) groups excluding carboxylic acids is 1. The minimum Gasteiger partial charge on any atom is -0.505 e. The highest BCUT2D eigenvalue weighted by molar-refractivity contribution is 5.85. The van der Waals surface area contributed by atoms with Crippen LogP contribution in [-0.2, 0) is 4.74 Å². The van der Waals surface area contributed by atoms with E-state index in [-0.39, 0.29) is 19.0 Å². The van der Waals surface area contributed by atoms with Gasteiger partial charge in [0.05, 0.1) is 6.04 Å². The molecule has 0 unspecified atom stereocenters. The van der Waals surface area contributed by atoms with Crippen molar-refractivity contribution in [3.8, 4) is 5.75 Å². The molecule has 1 aliphatic rings. The summed E-state index contributed by atoms with van der Waals surface area (Å²) in [6.45, 7) is 0.107. The van der Waals surface area contributed by atoms with Crippen LogP contribution in [0.25, 0.3) is 0 Å². The third-order valence-electron chi connectivity index (χ3n) is 2.07. The standard InChI is InChI=1S/C9H8FNO3.ClH/c10-6-3-1-2-5(8(6)12)7-4-14-9(13)11-7;/h1-3,7,12H,4H2,(H,11,13);1H/t7-;/m0./s1. The van der Waals surface area contributed by atoms with Gasteiger partial charge in [0, 0.05) is 5.56 Å². The van der Waals surface area contributed by atoms with Gasteiger partial charge in [-0.05, 0) is 6.07 Å². The lowest BCUT2D eigenvalue weighted by Gasteiger charge is -2.09. The molecule has 6 heteroatoms. The number of halogens is 2. The van der Waals surface area contributed by atoms with Crippen molar-refractivity contribution in [2.75, 3.05) is 6.61 Å². The van der Waals surface area contributed by atoms with Crippen LogP contribution in [0.5, 0.6) is 5.75 Å². The van der Waals surface area contributed by atoms with Gasteiger partial charge in [0.2, 0.25) is 0 Å². The molecule has 0 aromatic heterocycles. The van der Waals surface area contributed by atoms with Gasteiger partial charge in [0.25, 0.3) is 0 Å². The predicted octanol–water partition coefficient (Wildman–Crippen LogP) is 1.73. The van der Waals surface area contributed by atoms with Crippen molar-refractivity contribution < 1.29 is 19.0 Å². The molecule has 0 radical (unpaired) electrons. The fourth-order valence-corrected chi connectivity index (χ4v) is 1.37. The molecule has 2 N–H and O–H groups in total. The smallest absolute Gasteiger partial charge is 0.407 e. The first-order valence-corrected chi connectivity index (χ1v) is 4.09. The summed E-state index contributed by atoms with van der Waals surface area (Å²) in [7, 11) is 0. The van der Waals surface area contributed by atoms with E-state index in [1.807, 2.05) is 0 Å². The summed E-state index contributed by atoms with van der Waals surface area (Å²) >= 11 is 0. The molecule has 15 heavy (non-hydrogen) atoms. The highest BCUT2D eigenvalue weighted by Crippen LogP contribution is 2.28. The Labute approximate surface area is 91.5 Å². The maximum atomic E-state index is 12.9. The Morgan fingerprint density at radius 1 is 1.53 bits per heavy atom. The van der Waals surface area contributed by atoms with Crippen LogP contribution >= 0.6 is 12.4 Å². The van der Waals surface area contributed by atoms with Crippen LogP contribution in [0, 0.1) is 5.82 Å². The molecule has 82 valence electrons. The molecule has 0 spiro atoms.